The van der Waals surface area contributed by atoms with Crippen molar-refractivity contribution in [3.63, 3.8) is 0 Å². The molecule has 0 aliphatic heterocycles. The zero-order valence-electron chi connectivity index (χ0n) is 7.93. The number of aliphatic carboxylic acids is 1. The van der Waals surface area contributed by atoms with Gasteiger partial charge in [-0.3, -0.25) is 20.0 Å². The van der Waals surface area contributed by atoms with Crippen molar-refractivity contribution in [2.24, 2.45) is 0 Å². The quantitative estimate of drug-likeness (QED) is 0.521. The molecule has 0 aliphatic rings. The first-order valence-electron chi connectivity index (χ1n) is 4.16. The Labute approximate surface area is 88.5 Å². The van der Waals surface area contributed by atoms with Crippen molar-refractivity contribution in [3.8, 4) is 0 Å². The zero-order valence-corrected chi connectivity index (χ0v) is 7.93. The molecule has 9 heteroatoms. The average molecular weight is 228 g/mol. The summed E-state index contributed by atoms with van der Waals surface area (Å²) in [5.74, 6) is -3.62. The van der Waals surface area contributed by atoms with Gasteiger partial charge in [-0.2, -0.15) is 4.98 Å². The average Bonchev–Trinajstić information content (AvgIpc) is 2.63. The molecule has 1 heterocycles. The lowest BCUT2D eigenvalue weighted by atomic mass is 10.3. The molecule has 0 aliphatic carbocycles. The van der Waals surface area contributed by atoms with E-state index in [1.807, 2.05) is 0 Å². The molecule has 9 nitrogen and oxygen atoms in total. The van der Waals surface area contributed by atoms with Gasteiger partial charge in [-0.15, -0.1) is 5.10 Å². The van der Waals surface area contributed by atoms with Gasteiger partial charge in [0.05, 0.1) is 6.42 Å². The van der Waals surface area contributed by atoms with E-state index in [1.54, 1.807) is 0 Å². The normalized spacial score (nSPS) is 9.75. The monoisotopic (exact) mass is 228 g/mol. The number of aromatic carboxylic acids is 1. The molecule has 0 unspecified atom stereocenters. The highest BCUT2D eigenvalue weighted by Gasteiger charge is 2.12. The van der Waals surface area contributed by atoms with Crippen LogP contribution >= 0.6 is 0 Å². The molecule has 0 saturated heterocycles. The summed E-state index contributed by atoms with van der Waals surface area (Å²) in [6.07, 6.45) is -0.547. The van der Waals surface area contributed by atoms with Gasteiger partial charge in [0.25, 0.3) is 0 Å². The van der Waals surface area contributed by atoms with Gasteiger partial charge in [0.1, 0.15) is 0 Å². The molecule has 0 fully saturated rings. The highest BCUT2D eigenvalue weighted by atomic mass is 16.4. The maximum atomic E-state index is 11.1. The third-order valence-corrected chi connectivity index (χ3v) is 1.51. The summed E-state index contributed by atoms with van der Waals surface area (Å²) in [5, 5.41) is 24.4. The molecule has 0 radical (unpaired) electrons. The molecule has 86 valence electrons. The van der Waals surface area contributed by atoms with Gasteiger partial charge in [0.2, 0.25) is 17.7 Å². The van der Waals surface area contributed by atoms with Gasteiger partial charge in [-0.05, 0) is 0 Å². The summed E-state index contributed by atoms with van der Waals surface area (Å²) in [6.45, 7) is 0. The van der Waals surface area contributed by atoms with Crippen molar-refractivity contribution >= 4 is 23.8 Å². The topological polar surface area (TPSA) is 145 Å². The van der Waals surface area contributed by atoms with Gasteiger partial charge in [0, 0.05) is 6.42 Å². The molecule has 16 heavy (non-hydrogen) atoms. The van der Waals surface area contributed by atoms with Crippen molar-refractivity contribution < 1.29 is 24.6 Å². The van der Waals surface area contributed by atoms with Crippen LogP contribution in [0.15, 0.2) is 0 Å². The van der Waals surface area contributed by atoms with Crippen LogP contribution in [0.2, 0.25) is 0 Å². The van der Waals surface area contributed by atoms with E-state index in [2.05, 4.69) is 20.5 Å². The second-order valence-electron chi connectivity index (χ2n) is 2.75. The first-order valence-corrected chi connectivity index (χ1v) is 4.16. The highest BCUT2D eigenvalue weighted by molar-refractivity contribution is 5.91. The number of hydrogen-bond donors (Lipinski definition) is 4. The zero-order chi connectivity index (χ0) is 12.1. The van der Waals surface area contributed by atoms with Crippen LogP contribution in [-0.4, -0.2) is 43.2 Å². The number of carboxylic acids is 2. The molecular weight excluding hydrogens is 220 g/mol. The lowest BCUT2D eigenvalue weighted by Crippen LogP contribution is -2.14. The Bertz CT molecular complexity index is 426. The molecule has 1 aromatic rings. The number of H-pyrrole nitrogens is 1. The molecule has 1 amide bonds. The fourth-order valence-electron chi connectivity index (χ4n) is 0.821. The molecule has 0 aromatic carbocycles. The Morgan fingerprint density at radius 2 is 1.94 bits per heavy atom. The summed E-state index contributed by atoms with van der Waals surface area (Å²) in [7, 11) is 0. The first kappa shape index (κ1) is 11.6. The van der Waals surface area contributed by atoms with Crippen LogP contribution in [-0.2, 0) is 9.59 Å². The van der Waals surface area contributed by atoms with Crippen molar-refractivity contribution in [1.29, 1.82) is 0 Å². The number of carbonyl (C=O) groups is 3. The third kappa shape index (κ3) is 3.36. The molecule has 1 aromatic heterocycles. The highest BCUT2D eigenvalue weighted by Crippen LogP contribution is 2.00. The minimum absolute atomic E-state index is 0.201. The Morgan fingerprint density at radius 3 is 2.44 bits per heavy atom. The fourth-order valence-corrected chi connectivity index (χ4v) is 0.821. The third-order valence-electron chi connectivity index (χ3n) is 1.51. The fraction of sp³-hybridized carbons (Fsp3) is 0.286. The molecule has 0 spiro atoms. The number of carbonyl (C=O) groups excluding carboxylic acids is 1. The van der Waals surface area contributed by atoms with Crippen molar-refractivity contribution in [2.45, 2.75) is 12.8 Å². The predicted octanol–water partition coefficient (Wildman–Crippen LogP) is -0.694. The van der Waals surface area contributed by atoms with E-state index in [-0.39, 0.29) is 18.8 Å². The van der Waals surface area contributed by atoms with E-state index in [0.29, 0.717) is 0 Å². The second-order valence-corrected chi connectivity index (χ2v) is 2.75. The second kappa shape index (κ2) is 4.87. The van der Waals surface area contributed by atoms with Gasteiger partial charge >= 0.3 is 11.9 Å². The molecular formula is C7H8N4O5. The number of hydrogen-bond acceptors (Lipinski definition) is 5. The Balaban J connectivity index is 2.49. The standard InChI is InChI=1S/C7H8N4O5/c12-3(1-2-4(13)14)8-7-9-5(6(15)16)10-11-7/h1-2H2,(H,13,14)(H,15,16)(H2,8,9,10,11,12). The maximum absolute atomic E-state index is 11.1. The number of nitrogens with zero attached hydrogens (tertiary/aromatic N) is 2. The van der Waals surface area contributed by atoms with Crippen LogP contribution in [0.4, 0.5) is 5.95 Å². The summed E-state index contributed by atoms with van der Waals surface area (Å²) in [6, 6.07) is 0. The Morgan fingerprint density at radius 1 is 1.25 bits per heavy atom. The lowest BCUT2D eigenvalue weighted by molar-refractivity contribution is -0.138. The molecule has 4 N–H and O–H groups in total. The van der Waals surface area contributed by atoms with E-state index in [0.717, 1.165) is 0 Å². The molecule has 0 bridgehead atoms. The summed E-state index contributed by atoms with van der Waals surface area (Å²) in [4.78, 5) is 35.1. The van der Waals surface area contributed by atoms with Gasteiger partial charge in [-0.1, -0.05) is 0 Å². The van der Waals surface area contributed by atoms with Gasteiger partial charge in [0.15, 0.2) is 0 Å². The summed E-state index contributed by atoms with van der Waals surface area (Å²) < 4.78 is 0. The number of nitrogens with one attached hydrogen (secondary N) is 2. The van der Waals surface area contributed by atoms with Crippen LogP contribution in [0.3, 0.4) is 0 Å². The molecule has 0 atom stereocenters. The van der Waals surface area contributed by atoms with Crippen LogP contribution in [0.1, 0.15) is 23.5 Å². The van der Waals surface area contributed by atoms with Crippen molar-refractivity contribution in [3.05, 3.63) is 5.82 Å². The van der Waals surface area contributed by atoms with Gasteiger partial charge in [-0.25, -0.2) is 4.79 Å². The summed E-state index contributed by atoms with van der Waals surface area (Å²) >= 11 is 0. The lowest BCUT2D eigenvalue weighted by Gasteiger charge is -1.97. The van der Waals surface area contributed by atoms with Gasteiger partial charge < -0.3 is 10.2 Å². The van der Waals surface area contributed by atoms with Crippen molar-refractivity contribution in [2.75, 3.05) is 5.32 Å². The number of rotatable bonds is 5. The minimum Gasteiger partial charge on any atom is -0.481 e. The van der Waals surface area contributed by atoms with E-state index < -0.39 is 23.7 Å². The van der Waals surface area contributed by atoms with E-state index in [4.69, 9.17) is 10.2 Å². The smallest absolute Gasteiger partial charge is 0.373 e. The maximum Gasteiger partial charge on any atom is 0.373 e. The predicted molar refractivity (Wildman–Crippen MR) is 48.8 cm³/mol. The summed E-state index contributed by atoms with van der Waals surface area (Å²) in [5.41, 5.74) is 0. The van der Waals surface area contributed by atoms with Crippen LogP contribution < -0.4 is 5.32 Å². The number of aromatic nitrogens is 3. The number of anilines is 1. The largest absolute Gasteiger partial charge is 0.481 e. The molecule has 1 rings (SSSR count). The van der Waals surface area contributed by atoms with E-state index in [9.17, 15) is 14.4 Å². The van der Waals surface area contributed by atoms with Crippen LogP contribution in [0.25, 0.3) is 0 Å². The van der Waals surface area contributed by atoms with E-state index in [1.165, 1.54) is 0 Å². The minimum atomic E-state index is -1.31. The number of aromatic amines is 1. The molecule has 0 saturated carbocycles. The van der Waals surface area contributed by atoms with Crippen LogP contribution in [0, 0.1) is 0 Å². The number of carboxylic acid groups (broad SMARTS) is 2. The first-order chi connectivity index (χ1) is 7.49. The van der Waals surface area contributed by atoms with E-state index >= 15 is 0 Å². The van der Waals surface area contributed by atoms with Crippen LogP contribution in [0.5, 0.6) is 0 Å². The Kier molecular flexibility index (Phi) is 3.53. The number of amides is 1. The SMILES string of the molecule is O=C(O)CCC(=O)Nc1n[nH]c(C(=O)O)n1. The Hall–Kier alpha value is -2.45. The van der Waals surface area contributed by atoms with Crippen molar-refractivity contribution in [1.82, 2.24) is 15.2 Å².